The Morgan fingerprint density at radius 3 is 1.47 bits per heavy atom. The summed E-state index contributed by atoms with van der Waals surface area (Å²) in [6.07, 6.45) is -1.02. The Kier molecular flexibility index (Phi) is 14.9. The lowest BCUT2D eigenvalue weighted by Gasteiger charge is -2.16. The minimum absolute atomic E-state index is 0. The standard InChI is InChI=1S/C11H10FNO6.C7H4FNO3.C7H6FNO2.CH4/c1-6(14)18-11(19-7(2)15)8-3-4-10(13(16)17)9(12)5-8;8-6-3-5(4-10)1-2-7(6)9(11)12;1-5-2-3-7(9(10)11)6(8)4-5;/h3-5,11H,1-2H3;1-4H;2-4H,1H3;1H4. The summed E-state index contributed by atoms with van der Waals surface area (Å²) < 4.78 is 48.1. The van der Waals surface area contributed by atoms with Crippen LogP contribution in [0, 0.1) is 54.7 Å². The molecule has 0 aliphatic rings. The van der Waals surface area contributed by atoms with Crippen LogP contribution in [0.5, 0.6) is 0 Å². The van der Waals surface area contributed by atoms with Gasteiger partial charge in [-0.05, 0) is 42.8 Å². The van der Waals surface area contributed by atoms with Gasteiger partial charge in [0, 0.05) is 43.2 Å². The summed E-state index contributed by atoms with van der Waals surface area (Å²) in [4.78, 5) is 60.0. The molecule has 3 rings (SSSR count). The molecular weight excluding hydrogens is 587 g/mol. The zero-order valence-electron chi connectivity index (χ0n) is 21.8. The maximum Gasteiger partial charge on any atom is 0.305 e. The van der Waals surface area contributed by atoms with Crippen LogP contribution in [-0.4, -0.2) is 33.0 Å². The number of aldehydes is 1. The summed E-state index contributed by atoms with van der Waals surface area (Å²) in [5.74, 6) is -4.39. The summed E-state index contributed by atoms with van der Waals surface area (Å²) >= 11 is 0. The molecule has 0 aliphatic heterocycles. The monoisotopic (exact) mass is 611 g/mol. The molecule has 0 radical (unpaired) electrons. The first kappa shape index (κ1) is 37.3. The Morgan fingerprint density at radius 2 is 1.12 bits per heavy atom. The van der Waals surface area contributed by atoms with Gasteiger partial charge in [-0.2, -0.15) is 13.2 Å². The molecule has 0 bridgehead atoms. The average Bonchev–Trinajstić information content (AvgIpc) is 2.87. The molecule has 14 nitrogen and oxygen atoms in total. The van der Waals surface area contributed by atoms with Crippen LogP contribution in [0.3, 0.4) is 0 Å². The molecular formula is C26H24F3N3O11. The van der Waals surface area contributed by atoms with Gasteiger partial charge in [-0.15, -0.1) is 0 Å². The topological polar surface area (TPSA) is 199 Å². The van der Waals surface area contributed by atoms with Gasteiger partial charge in [-0.3, -0.25) is 44.7 Å². The summed E-state index contributed by atoms with van der Waals surface area (Å²) in [6, 6.07) is 9.57. The van der Waals surface area contributed by atoms with Crippen molar-refractivity contribution in [3.63, 3.8) is 0 Å². The smallest absolute Gasteiger partial charge is 0.305 e. The van der Waals surface area contributed by atoms with Gasteiger partial charge in [0.1, 0.15) is 6.29 Å². The van der Waals surface area contributed by atoms with Gasteiger partial charge in [0.25, 0.3) is 6.29 Å². The minimum atomic E-state index is -1.44. The number of hydrogen-bond donors (Lipinski definition) is 0. The average molecular weight is 611 g/mol. The molecule has 0 heterocycles. The van der Waals surface area contributed by atoms with E-state index < -0.39 is 67.5 Å². The first-order valence-corrected chi connectivity index (χ1v) is 11.1. The number of carbonyl (C=O) groups excluding carboxylic acids is 3. The van der Waals surface area contributed by atoms with Crippen LogP contribution >= 0.6 is 0 Å². The predicted octanol–water partition coefficient (Wildman–Crippen LogP) is 6.08. The van der Waals surface area contributed by atoms with Crippen molar-refractivity contribution >= 4 is 35.3 Å². The second kappa shape index (κ2) is 17.2. The Morgan fingerprint density at radius 1 is 0.721 bits per heavy atom. The van der Waals surface area contributed by atoms with Crippen molar-refractivity contribution in [2.24, 2.45) is 0 Å². The zero-order chi connectivity index (χ0) is 32.1. The van der Waals surface area contributed by atoms with Crippen molar-refractivity contribution in [3.8, 4) is 0 Å². The number of carbonyl (C=O) groups is 3. The second-order valence-electron chi connectivity index (χ2n) is 7.82. The molecule has 43 heavy (non-hydrogen) atoms. The van der Waals surface area contributed by atoms with E-state index in [-0.39, 0.29) is 18.6 Å². The molecule has 3 aromatic rings. The summed E-state index contributed by atoms with van der Waals surface area (Å²) in [6.45, 7) is 3.84. The number of nitro benzene ring substituents is 3. The normalized spacial score (nSPS) is 9.56. The quantitative estimate of drug-likeness (QED) is 0.0985. The van der Waals surface area contributed by atoms with Crippen molar-refractivity contribution in [1.82, 2.24) is 0 Å². The van der Waals surface area contributed by atoms with Gasteiger partial charge in [0.15, 0.2) is 0 Å². The lowest BCUT2D eigenvalue weighted by atomic mass is 10.2. The molecule has 3 aromatic carbocycles. The first-order chi connectivity index (χ1) is 19.6. The highest BCUT2D eigenvalue weighted by molar-refractivity contribution is 5.75. The molecule has 0 unspecified atom stereocenters. The lowest BCUT2D eigenvalue weighted by molar-refractivity contribution is -0.387. The molecule has 0 aromatic heterocycles. The van der Waals surface area contributed by atoms with Crippen LogP contribution in [0.15, 0.2) is 54.6 Å². The molecule has 0 fully saturated rings. The Bertz CT molecular complexity index is 1500. The van der Waals surface area contributed by atoms with Gasteiger partial charge in [-0.25, -0.2) is 0 Å². The number of benzene rings is 3. The van der Waals surface area contributed by atoms with Crippen LogP contribution < -0.4 is 0 Å². The summed E-state index contributed by atoms with van der Waals surface area (Å²) in [5, 5.41) is 30.7. The largest absolute Gasteiger partial charge is 0.421 e. The zero-order valence-corrected chi connectivity index (χ0v) is 21.8. The van der Waals surface area contributed by atoms with Gasteiger partial charge >= 0.3 is 29.0 Å². The van der Waals surface area contributed by atoms with Crippen molar-refractivity contribution in [2.75, 3.05) is 0 Å². The van der Waals surface area contributed by atoms with E-state index in [1.807, 2.05) is 0 Å². The van der Waals surface area contributed by atoms with Crippen LogP contribution in [-0.2, 0) is 19.1 Å². The second-order valence-corrected chi connectivity index (χ2v) is 7.82. The molecule has 0 amide bonds. The molecule has 17 heteroatoms. The maximum absolute atomic E-state index is 13.4. The highest BCUT2D eigenvalue weighted by atomic mass is 19.1. The van der Waals surface area contributed by atoms with Gasteiger partial charge in [-0.1, -0.05) is 13.5 Å². The third-order valence-electron chi connectivity index (χ3n) is 4.59. The Hall–Kier alpha value is -5.74. The highest BCUT2D eigenvalue weighted by Crippen LogP contribution is 2.25. The number of halogens is 3. The summed E-state index contributed by atoms with van der Waals surface area (Å²) in [5.41, 5.74) is -1.09. The fourth-order valence-corrected chi connectivity index (χ4v) is 2.78. The molecule has 0 spiro atoms. The van der Waals surface area contributed by atoms with E-state index in [1.54, 1.807) is 6.92 Å². The Labute approximate surface area is 241 Å². The van der Waals surface area contributed by atoms with Crippen molar-refractivity contribution in [1.29, 1.82) is 0 Å². The Balaban J connectivity index is 0.000000639. The van der Waals surface area contributed by atoms with E-state index in [9.17, 15) is 57.9 Å². The molecule has 0 aliphatic carbocycles. The van der Waals surface area contributed by atoms with Crippen LogP contribution in [0.4, 0.5) is 30.2 Å². The van der Waals surface area contributed by atoms with E-state index in [0.717, 1.165) is 56.3 Å². The molecule has 0 atom stereocenters. The molecule has 0 N–H and O–H groups in total. The van der Waals surface area contributed by atoms with Gasteiger partial charge in [0.05, 0.1) is 14.8 Å². The SMILES string of the molecule is C.CC(=O)OC(OC(C)=O)c1ccc([N+](=O)[O-])c(F)c1.Cc1ccc([N+](=O)[O-])c(F)c1.O=Cc1ccc([N+](=O)[O-])c(F)c1. The van der Waals surface area contributed by atoms with Crippen LogP contribution in [0.1, 0.15) is 49.0 Å². The van der Waals surface area contributed by atoms with Crippen molar-refractivity contribution in [3.05, 3.63) is 119 Å². The predicted molar refractivity (Wildman–Crippen MR) is 142 cm³/mol. The van der Waals surface area contributed by atoms with Crippen LogP contribution in [0.2, 0.25) is 0 Å². The molecule has 0 saturated heterocycles. The summed E-state index contributed by atoms with van der Waals surface area (Å²) in [7, 11) is 0. The lowest BCUT2D eigenvalue weighted by Crippen LogP contribution is -2.15. The maximum atomic E-state index is 13.4. The number of nitrogens with zero attached hydrogens (tertiary/aromatic N) is 3. The van der Waals surface area contributed by atoms with E-state index in [4.69, 9.17) is 0 Å². The number of aryl methyl sites for hydroxylation is 1. The van der Waals surface area contributed by atoms with Crippen LogP contribution in [0.25, 0.3) is 0 Å². The van der Waals surface area contributed by atoms with Crippen molar-refractivity contribution < 1.29 is 51.8 Å². The van der Waals surface area contributed by atoms with E-state index >= 15 is 0 Å². The fourth-order valence-electron chi connectivity index (χ4n) is 2.78. The third-order valence-corrected chi connectivity index (χ3v) is 4.59. The number of hydrogen-bond acceptors (Lipinski definition) is 11. The fraction of sp³-hybridized carbons (Fsp3) is 0.192. The first-order valence-electron chi connectivity index (χ1n) is 11.1. The van der Waals surface area contributed by atoms with E-state index in [0.29, 0.717) is 11.8 Å². The molecule has 230 valence electrons. The third kappa shape index (κ3) is 12.1. The van der Waals surface area contributed by atoms with E-state index in [2.05, 4.69) is 9.47 Å². The van der Waals surface area contributed by atoms with Crippen molar-refractivity contribution in [2.45, 2.75) is 34.5 Å². The number of ether oxygens (including phenoxy) is 2. The highest BCUT2D eigenvalue weighted by Gasteiger charge is 2.22. The minimum Gasteiger partial charge on any atom is -0.421 e. The van der Waals surface area contributed by atoms with Gasteiger partial charge < -0.3 is 9.47 Å². The molecule has 0 saturated carbocycles. The number of rotatable bonds is 7. The number of nitro groups is 3. The number of esters is 2. The van der Waals surface area contributed by atoms with Gasteiger partial charge in [0.2, 0.25) is 17.5 Å². The van der Waals surface area contributed by atoms with E-state index in [1.165, 1.54) is 12.1 Å².